The van der Waals surface area contributed by atoms with Crippen molar-refractivity contribution in [2.75, 3.05) is 4.72 Å². The Morgan fingerprint density at radius 2 is 1.89 bits per heavy atom. The first-order valence-electron chi connectivity index (χ1n) is 11.5. The Kier molecular flexibility index (Phi) is 6.56. The average molecular weight is 562 g/mol. The Morgan fingerprint density at radius 3 is 2.58 bits per heavy atom. The summed E-state index contributed by atoms with van der Waals surface area (Å²) >= 11 is 1.15. The summed E-state index contributed by atoms with van der Waals surface area (Å²) in [6.45, 7) is 3.65. The van der Waals surface area contributed by atoms with Crippen molar-refractivity contribution in [1.82, 2.24) is 9.97 Å². The van der Waals surface area contributed by atoms with Crippen LogP contribution < -0.4 is 14.2 Å². The standard InChI is InChI=1S/C26H22F3N3O4S2/c1-25(2)15-23(18-8-7-17(14-22(18)36-25)38(33,34)32-24-31-11-12-37-24)35-21-9-6-16(26(27,28)29)13-19(21)20-5-3-4-10-30-20/h3-14,23H,15H2,1-2H3,(H,31,32). The van der Waals surface area contributed by atoms with Crippen molar-refractivity contribution in [3.8, 4) is 22.8 Å². The highest BCUT2D eigenvalue weighted by atomic mass is 32.2. The van der Waals surface area contributed by atoms with Gasteiger partial charge in [-0.1, -0.05) is 12.1 Å². The van der Waals surface area contributed by atoms with Gasteiger partial charge < -0.3 is 9.47 Å². The Morgan fingerprint density at radius 1 is 1.08 bits per heavy atom. The van der Waals surface area contributed by atoms with Gasteiger partial charge >= 0.3 is 6.18 Å². The van der Waals surface area contributed by atoms with Crippen LogP contribution in [0.25, 0.3) is 11.3 Å². The lowest BCUT2D eigenvalue weighted by Crippen LogP contribution is -2.36. The quantitative estimate of drug-likeness (QED) is 0.282. The molecule has 198 valence electrons. The predicted molar refractivity (Wildman–Crippen MR) is 137 cm³/mol. The summed E-state index contributed by atoms with van der Waals surface area (Å²) in [7, 11) is -3.93. The van der Waals surface area contributed by atoms with Gasteiger partial charge in [0.15, 0.2) is 5.13 Å². The second-order valence-electron chi connectivity index (χ2n) is 9.24. The molecule has 0 spiro atoms. The Bertz CT molecular complexity index is 1560. The van der Waals surface area contributed by atoms with Gasteiger partial charge in [-0.25, -0.2) is 13.4 Å². The highest BCUT2D eigenvalue weighted by Gasteiger charge is 2.37. The number of nitrogens with one attached hydrogen (secondary N) is 1. The lowest BCUT2D eigenvalue weighted by Gasteiger charge is -2.38. The first-order valence-corrected chi connectivity index (χ1v) is 13.8. The molecule has 5 rings (SSSR count). The number of pyridine rings is 1. The average Bonchev–Trinajstić information content (AvgIpc) is 3.35. The van der Waals surface area contributed by atoms with Crippen LogP contribution in [0.2, 0.25) is 0 Å². The third-order valence-electron chi connectivity index (χ3n) is 5.88. The van der Waals surface area contributed by atoms with Crippen LogP contribution >= 0.6 is 11.3 Å². The number of fused-ring (bicyclic) bond motifs is 1. The minimum Gasteiger partial charge on any atom is -0.487 e. The summed E-state index contributed by atoms with van der Waals surface area (Å²) in [5, 5.41) is 1.88. The molecule has 0 amide bonds. The number of hydrogen-bond acceptors (Lipinski definition) is 7. The molecule has 4 aromatic rings. The second kappa shape index (κ2) is 9.59. The Balaban J connectivity index is 1.52. The van der Waals surface area contributed by atoms with Crippen molar-refractivity contribution in [3.05, 3.63) is 83.5 Å². The van der Waals surface area contributed by atoms with Crippen molar-refractivity contribution in [2.24, 2.45) is 0 Å². The van der Waals surface area contributed by atoms with Gasteiger partial charge in [-0.3, -0.25) is 9.71 Å². The number of nitrogens with zero attached hydrogens (tertiary/aromatic N) is 2. The molecule has 1 aliphatic rings. The summed E-state index contributed by atoms with van der Waals surface area (Å²) in [6, 6.07) is 12.7. The van der Waals surface area contributed by atoms with E-state index in [1.807, 2.05) is 13.8 Å². The zero-order valence-corrected chi connectivity index (χ0v) is 21.8. The third-order valence-corrected chi connectivity index (χ3v) is 8.03. The van der Waals surface area contributed by atoms with Crippen molar-refractivity contribution in [2.45, 2.75) is 43.0 Å². The Hall–Kier alpha value is -3.64. The first-order chi connectivity index (χ1) is 17.9. The summed E-state index contributed by atoms with van der Waals surface area (Å²) in [5.41, 5.74) is -0.474. The number of thiazole rings is 1. The van der Waals surface area contributed by atoms with Crippen LogP contribution in [0.15, 0.2) is 77.3 Å². The number of halogens is 3. The zero-order valence-electron chi connectivity index (χ0n) is 20.2. The highest BCUT2D eigenvalue weighted by molar-refractivity contribution is 7.93. The molecule has 0 radical (unpaired) electrons. The maximum atomic E-state index is 13.5. The molecular formula is C26H22F3N3O4S2. The van der Waals surface area contributed by atoms with E-state index in [1.165, 1.54) is 30.6 Å². The molecule has 0 fully saturated rings. The van der Waals surface area contributed by atoms with E-state index in [9.17, 15) is 21.6 Å². The molecule has 1 aliphatic heterocycles. The normalized spacial score (nSPS) is 16.8. The maximum Gasteiger partial charge on any atom is 0.416 e. The van der Waals surface area contributed by atoms with Crippen molar-refractivity contribution in [1.29, 1.82) is 0 Å². The number of benzene rings is 2. The first kappa shape index (κ1) is 26.0. The van der Waals surface area contributed by atoms with Crippen LogP contribution in [0.1, 0.15) is 37.5 Å². The van der Waals surface area contributed by atoms with Crippen molar-refractivity contribution in [3.63, 3.8) is 0 Å². The molecule has 0 bridgehead atoms. The van der Waals surface area contributed by atoms with E-state index in [2.05, 4.69) is 14.7 Å². The number of alkyl halides is 3. The van der Waals surface area contributed by atoms with Gasteiger partial charge in [-0.05, 0) is 50.2 Å². The van der Waals surface area contributed by atoms with Crippen LogP contribution in [0.5, 0.6) is 11.5 Å². The van der Waals surface area contributed by atoms with E-state index in [-0.39, 0.29) is 21.3 Å². The maximum absolute atomic E-state index is 13.5. The van der Waals surface area contributed by atoms with Gasteiger partial charge in [0.1, 0.15) is 23.2 Å². The molecule has 3 heterocycles. The summed E-state index contributed by atoms with van der Waals surface area (Å²) in [5.74, 6) is 0.520. The smallest absolute Gasteiger partial charge is 0.416 e. The fraction of sp³-hybridized carbons (Fsp3) is 0.231. The van der Waals surface area contributed by atoms with Gasteiger partial charge in [0, 0.05) is 41.4 Å². The number of hydrogen-bond donors (Lipinski definition) is 1. The molecule has 1 unspecified atom stereocenters. The van der Waals surface area contributed by atoms with Crippen LogP contribution in [0.3, 0.4) is 0 Å². The number of aromatic nitrogens is 2. The van der Waals surface area contributed by atoms with Gasteiger partial charge in [0.2, 0.25) is 0 Å². The minimum atomic E-state index is -4.54. The highest BCUT2D eigenvalue weighted by Crippen LogP contribution is 2.45. The number of rotatable bonds is 6. The van der Waals surface area contributed by atoms with E-state index >= 15 is 0 Å². The topological polar surface area (TPSA) is 90.4 Å². The number of anilines is 1. The fourth-order valence-electron chi connectivity index (χ4n) is 4.17. The molecule has 0 saturated carbocycles. The second-order valence-corrected chi connectivity index (χ2v) is 11.8. The summed E-state index contributed by atoms with van der Waals surface area (Å²) < 4.78 is 81.1. The predicted octanol–water partition coefficient (Wildman–Crippen LogP) is 6.71. The van der Waals surface area contributed by atoms with Crippen molar-refractivity contribution < 1.29 is 31.1 Å². The van der Waals surface area contributed by atoms with E-state index in [0.29, 0.717) is 23.4 Å². The van der Waals surface area contributed by atoms with E-state index < -0.39 is 33.5 Å². The van der Waals surface area contributed by atoms with Crippen molar-refractivity contribution >= 4 is 26.5 Å². The molecular weight excluding hydrogens is 539 g/mol. The zero-order chi connectivity index (χ0) is 27.1. The van der Waals surface area contributed by atoms with Crippen LogP contribution in [-0.2, 0) is 16.2 Å². The lowest BCUT2D eigenvalue weighted by molar-refractivity contribution is -0.137. The number of ether oxygens (including phenoxy) is 2. The number of sulfonamides is 1. The monoisotopic (exact) mass is 561 g/mol. The molecule has 1 atom stereocenters. The van der Waals surface area contributed by atoms with Gasteiger partial charge in [0.25, 0.3) is 10.0 Å². The fourth-order valence-corrected chi connectivity index (χ4v) is 5.97. The molecule has 38 heavy (non-hydrogen) atoms. The van der Waals surface area contributed by atoms with E-state index in [4.69, 9.17) is 9.47 Å². The largest absolute Gasteiger partial charge is 0.487 e. The van der Waals surface area contributed by atoms with Crippen LogP contribution in [0.4, 0.5) is 18.3 Å². The van der Waals surface area contributed by atoms with Gasteiger partial charge in [-0.2, -0.15) is 13.2 Å². The summed E-state index contributed by atoms with van der Waals surface area (Å²) in [4.78, 5) is 8.15. The van der Waals surface area contributed by atoms with Crippen LogP contribution in [-0.4, -0.2) is 24.0 Å². The van der Waals surface area contributed by atoms with Gasteiger partial charge in [-0.15, -0.1) is 11.3 Å². The third kappa shape index (κ3) is 5.46. The molecule has 12 heteroatoms. The molecule has 7 nitrogen and oxygen atoms in total. The van der Waals surface area contributed by atoms with Gasteiger partial charge in [0.05, 0.1) is 16.2 Å². The van der Waals surface area contributed by atoms with E-state index in [0.717, 1.165) is 23.5 Å². The molecule has 0 aliphatic carbocycles. The molecule has 0 saturated heterocycles. The molecule has 2 aromatic heterocycles. The Labute approximate surface area is 221 Å². The van der Waals surface area contributed by atoms with E-state index in [1.54, 1.807) is 29.6 Å². The SMILES string of the molecule is CC1(C)CC(Oc2ccc(C(F)(F)F)cc2-c2ccccn2)c2ccc(S(=O)(=O)Nc3nccs3)cc2O1. The van der Waals surface area contributed by atoms with Crippen LogP contribution in [0, 0.1) is 0 Å². The molecule has 2 aromatic carbocycles. The summed E-state index contributed by atoms with van der Waals surface area (Å²) in [6.07, 6.45) is -1.82. The lowest BCUT2D eigenvalue weighted by atomic mass is 9.91. The minimum absolute atomic E-state index is 0.0217. The molecule has 1 N–H and O–H groups in total.